The van der Waals surface area contributed by atoms with Gasteiger partial charge in [0.1, 0.15) is 17.9 Å². The van der Waals surface area contributed by atoms with Crippen molar-refractivity contribution in [1.82, 2.24) is 29.5 Å². The van der Waals surface area contributed by atoms with E-state index < -0.39 is 0 Å². The largest absolute Gasteiger partial charge is 0.353 e. The summed E-state index contributed by atoms with van der Waals surface area (Å²) < 4.78 is 17.4. The smallest absolute Gasteiger partial charge is 0.291 e. The van der Waals surface area contributed by atoms with Gasteiger partial charge in [-0.3, -0.25) is 14.5 Å². The average molecular weight is 477 g/mol. The van der Waals surface area contributed by atoms with E-state index in [0.29, 0.717) is 23.0 Å². The second-order valence-corrected chi connectivity index (χ2v) is 9.06. The van der Waals surface area contributed by atoms with Crippen molar-refractivity contribution in [2.75, 3.05) is 46.3 Å². The number of hydrogen-bond acceptors (Lipinski definition) is 5. The Morgan fingerprint density at radius 2 is 1.77 bits per heavy atom. The number of halogens is 1. The number of hydrogen-bond donors (Lipinski definition) is 1. The van der Waals surface area contributed by atoms with E-state index in [9.17, 15) is 14.0 Å². The second kappa shape index (κ2) is 9.97. The number of amides is 1. The van der Waals surface area contributed by atoms with E-state index in [1.165, 1.54) is 10.7 Å². The van der Waals surface area contributed by atoms with Gasteiger partial charge in [0, 0.05) is 61.1 Å². The maximum absolute atomic E-state index is 14.4. The molecule has 0 bridgehead atoms. The molecule has 2 aromatic heterocycles. The van der Waals surface area contributed by atoms with E-state index in [0.717, 1.165) is 43.6 Å². The van der Waals surface area contributed by atoms with Crippen molar-refractivity contribution >= 4 is 27.7 Å². The lowest BCUT2D eigenvalue weighted by Crippen LogP contribution is -2.47. The molecule has 1 amide bonds. The molecule has 9 heteroatoms. The van der Waals surface area contributed by atoms with E-state index in [-0.39, 0.29) is 30.4 Å². The van der Waals surface area contributed by atoms with Crippen LogP contribution in [-0.4, -0.2) is 76.4 Å². The normalized spacial score (nSPS) is 15.1. The first-order chi connectivity index (χ1) is 17.0. The van der Waals surface area contributed by atoms with Crippen molar-refractivity contribution in [2.45, 2.75) is 13.1 Å². The topological polar surface area (TPSA) is 75.4 Å². The van der Waals surface area contributed by atoms with Gasteiger partial charge in [-0.15, -0.1) is 0 Å². The Bertz CT molecular complexity index is 1420. The minimum Gasteiger partial charge on any atom is -0.353 e. The van der Waals surface area contributed by atoms with Crippen LogP contribution in [0, 0.1) is 5.82 Å². The van der Waals surface area contributed by atoms with Crippen LogP contribution in [0.3, 0.4) is 0 Å². The summed E-state index contributed by atoms with van der Waals surface area (Å²) in [6, 6.07) is 14.2. The summed E-state index contributed by atoms with van der Waals surface area (Å²) in [7, 11) is 2.11. The number of piperazine rings is 1. The van der Waals surface area contributed by atoms with Crippen molar-refractivity contribution in [3.8, 4) is 0 Å². The molecular formula is C26H29FN6O2. The van der Waals surface area contributed by atoms with Crippen LogP contribution < -0.4 is 10.9 Å². The third-order valence-electron chi connectivity index (χ3n) is 6.70. The number of carbonyl (C=O) groups excluding carboxylic acids is 1. The van der Waals surface area contributed by atoms with E-state index in [1.807, 2.05) is 28.8 Å². The molecule has 1 fully saturated rings. The summed E-state index contributed by atoms with van der Waals surface area (Å²) in [5.41, 5.74) is 1.34. The molecule has 1 aliphatic rings. The lowest BCUT2D eigenvalue weighted by molar-refractivity contribution is -0.122. The quantitative estimate of drug-likeness (QED) is 0.441. The molecule has 182 valence electrons. The number of fused-ring (bicyclic) bond motifs is 3. The summed E-state index contributed by atoms with van der Waals surface area (Å²) in [5.74, 6) is -0.586. The highest BCUT2D eigenvalue weighted by molar-refractivity contribution is 6.07. The zero-order valence-electron chi connectivity index (χ0n) is 19.8. The highest BCUT2D eigenvalue weighted by Gasteiger charge is 2.18. The maximum Gasteiger partial charge on any atom is 0.291 e. The summed E-state index contributed by atoms with van der Waals surface area (Å²) in [4.78, 5) is 30.7. The average Bonchev–Trinajstić information content (AvgIpc) is 3.18. The van der Waals surface area contributed by atoms with Gasteiger partial charge in [-0.1, -0.05) is 36.4 Å². The lowest BCUT2D eigenvalue weighted by atomic mass is 10.2. The third kappa shape index (κ3) is 4.82. The molecule has 35 heavy (non-hydrogen) atoms. The Morgan fingerprint density at radius 1 is 1.03 bits per heavy atom. The molecule has 0 saturated carbocycles. The van der Waals surface area contributed by atoms with Crippen LogP contribution in [0.5, 0.6) is 0 Å². The van der Waals surface area contributed by atoms with Gasteiger partial charge in [0.05, 0.1) is 12.7 Å². The van der Waals surface area contributed by atoms with E-state index in [2.05, 4.69) is 27.3 Å². The van der Waals surface area contributed by atoms with E-state index in [4.69, 9.17) is 0 Å². The summed E-state index contributed by atoms with van der Waals surface area (Å²) in [5, 5.41) is 8.74. The number of benzene rings is 2. The van der Waals surface area contributed by atoms with Crippen LogP contribution in [0.4, 0.5) is 4.39 Å². The molecule has 1 N–H and O–H groups in total. The first kappa shape index (κ1) is 23.2. The molecular weight excluding hydrogens is 447 g/mol. The Balaban J connectivity index is 1.39. The highest BCUT2D eigenvalue weighted by Crippen LogP contribution is 2.27. The molecule has 1 aliphatic heterocycles. The van der Waals surface area contributed by atoms with Crippen LogP contribution >= 0.6 is 0 Å². The molecule has 0 atom stereocenters. The van der Waals surface area contributed by atoms with Crippen LogP contribution in [0.15, 0.2) is 59.5 Å². The van der Waals surface area contributed by atoms with Crippen molar-refractivity contribution in [1.29, 1.82) is 0 Å². The lowest BCUT2D eigenvalue weighted by Gasteiger charge is -2.32. The van der Waals surface area contributed by atoms with Gasteiger partial charge >= 0.3 is 0 Å². The second-order valence-electron chi connectivity index (χ2n) is 9.06. The molecule has 3 heterocycles. The SMILES string of the molecule is CN1CCN(CCNC(=O)Cn2ncc3c4ccccc4n(Cc4ccccc4F)c3c2=O)CC1. The van der Waals surface area contributed by atoms with E-state index >= 15 is 0 Å². The first-order valence-corrected chi connectivity index (χ1v) is 11.9. The van der Waals surface area contributed by atoms with Gasteiger partial charge in [-0.25, -0.2) is 9.07 Å². The molecule has 0 radical (unpaired) electrons. The van der Waals surface area contributed by atoms with Crippen molar-refractivity contribution in [3.05, 3.63) is 76.5 Å². The molecule has 0 unspecified atom stereocenters. The minimum atomic E-state index is -0.371. The predicted octanol–water partition coefficient (Wildman–Crippen LogP) is 1.90. The molecule has 8 nitrogen and oxygen atoms in total. The fraction of sp³-hybridized carbons (Fsp3) is 0.346. The monoisotopic (exact) mass is 476 g/mol. The van der Waals surface area contributed by atoms with Gasteiger partial charge in [-0.05, 0) is 19.2 Å². The predicted molar refractivity (Wildman–Crippen MR) is 134 cm³/mol. The summed E-state index contributed by atoms with van der Waals surface area (Å²) >= 11 is 0. The fourth-order valence-electron chi connectivity index (χ4n) is 4.68. The molecule has 0 aliphatic carbocycles. The standard InChI is InChI=1S/C26H29FN6O2/c1-30-12-14-31(15-13-30)11-10-28-24(34)18-33-26(35)25-21(16-29-33)20-7-3-5-9-23(20)32(25)17-19-6-2-4-8-22(19)27/h2-9,16H,10-15,17-18H2,1H3,(H,28,34). The Labute approximate surface area is 202 Å². The Hall–Kier alpha value is -3.56. The van der Waals surface area contributed by atoms with Gasteiger partial charge in [0.2, 0.25) is 5.91 Å². The van der Waals surface area contributed by atoms with E-state index in [1.54, 1.807) is 24.4 Å². The first-order valence-electron chi connectivity index (χ1n) is 11.9. The van der Waals surface area contributed by atoms with Crippen molar-refractivity contribution < 1.29 is 9.18 Å². The minimum absolute atomic E-state index is 0.168. The van der Waals surface area contributed by atoms with Crippen molar-refractivity contribution in [3.63, 3.8) is 0 Å². The number of nitrogens with one attached hydrogen (secondary N) is 1. The number of nitrogens with zero attached hydrogens (tertiary/aromatic N) is 5. The molecule has 5 rings (SSSR count). The van der Waals surface area contributed by atoms with Crippen LogP contribution in [0.2, 0.25) is 0 Å². The number of likely N-dealkylation sites (N-methyl/N-ethyl adjacent to an activating group) is 1. The molecule has 1 saturated heterocycles. The van der Waals surface area contributed by atoms with Gasteiger partial charge in [0.15, 0.2) is 0 Å². The van der Waals surface area contributed by atoms with Gasteiger partial charge in [0.25, 0.3) is 5.56 Å². The van der Waals surface area contributed by atoms with Gasteiger partial charge < -0.3 is 14.8 Å². The Morgan fingerprint density at radius 3 is 2.57 bits per heavy atom. The zero-order valence-corrected chi connectivity index (χ0v) is 19.8. The highest BCUT2D eigenvalue weighted by atomic mass is 19.1. The third-order valence-corrected chi connectivity index (χ3v) is 6.70. The van der Waals surface area contributed by atoms with Crippen molar-refractivity contribution in [2.24, 2.45) is 0 Å². The molecule has 4 aromatic rings. The number of aromatic nitrogens is 3. The molecule has 0 spiro atoms. The maximum atomic E-state index is 14.4. The van der Waals surface area contributed by atoms with Gasteiger partial charge in [-0.2, -0.15) is 5.10 Å². The van der Waals surface area contributed by atoms with Crippen LogP contribution in [0.25, 0.3) is 21.8 Å². The van der Waals surface area contributed by atoms with Crippen LogP contribution in [0.1, 0.15) is 5.56 Å². The fourth-order valence-corrected chi connectivity index (χ4v) is 4.68. The Kier molecular flexibility index (Phi) is 6.61. The summed E-state index contributed by atoms with van der Waals surface area (Å²) in [6.45, 7) is 5.34. The number of rotatable bonds is 7. The van der Waals surface area contributed by atoms with Crippen LogP contribution in [-0.2, 0) is 17.9 Å². The zero-order chi connectivity index (χ0) is 24.4. The summed E-state index contributed by atoms with van der Waals surface area (Å²) in [6.07, 6.45) is 1.62. The molecule has 2 aromatic carbocycles. The number of carbonyl (C=O) groups is 1. The number of para-hydroxylation sites is 1.